The maximum atomic E-state index is 11.9. The lowest BCUT2D eigenvalue weighted by Crippen LogP contribution is -2.50. The Morgan fingerprint density at radius 2 is 1.69 bits per heavy atom. The van der Waals surface area contributed by atoms with Crippen molar-refractivity contribution in [1.29, 1.82) is 0 Å². The maximum Gasteiger partial charge on any atom is 0.290 e. The van der Waals surface area contributed by atoms with Crippen LogP contribution in [0.15, 0.2) is 53.7 Å². The molecule has 6 rings (SSSR count). The van der Waals surface area contributed by atoms with E-state index >= 15 is 0 Å². The van der Waals surface area contributed by atoms with E-state index in [2.05, 4.69) is 49.4 Å². The Morgan fingerprint density at radius 1 is 0.917 bits per heavy atom. The molecule has 1 aliphatic carbocycles. The summed E-state index contributed by atoms with van der Waals surface area (Å²) >= 11 is 0.920. The molecule has 3 heterocycles. The second-order valence-corrected chi connectivity index (χ2v) is 10.7. The lowest BCUT2D eigenvalue weighted by Gasteiger charge is -2.41. The Bertz CT molecular complexity index is 1330. The third-order valence-electron chi connectivity index (χ3n) is 7.51. The van der Waals surface area contributed by atoms with E-state index in [4.69, 9.17) is 0 Å². The number of nitrogens with zero attached hydrogens (tertiary/aromatic N) is 4. The van der Waals surface area contributed by atoms with Crippen LogP contribution in [0.4, 0.5) is 10.5 Å². The van der Waals surface area contributed by atoms with E-state index in [1.165, 1.54) is 37.8 Å². The first kappa shape index (κ1) is 23.2. The van der Waals surface area contributed by atoms with E-state index < -0.39 is 0 Å². The second-order valence-electron chi connectivity index (χ2n) is 9.71. The summed E-state index contributed by atoms with van der Waals surface area (Å²) in [5, 5.41) is 2.87. The van der Waals surface area contributed by atoms with Crippen molar-refractivity contribution in [3.05, 3.63) is 59.3 Å². The van der Waals surface area contributed by atoms with Crippen molar-refractivity contribution in [2.24, 2.45) is 0 Å². The largest absolute Gasteiger partial charge is 0.369 e. The molecule has 3 aromatic rings. The summed E-state index contributed by atoms with van der Waals surface area (Å²) in [5.74, 6) is -0.357. The van der Waals surface area contributed by atoms with Gasteiger partial charge in [0, 0.05) is 48.9 Å². The number of carbonyl (C=O) groups excluding carboxylic acids is 2. The molecule has 1 N–H and O–H groups in total. The minimum atomic E-state index is -0.357. The molecule has 3 fully saturated rings. The number of hydrogen-bond acceptors (Lipinski definition) is 7. The minimum absolute atomic E-state index is 0.341. The SMILES string of the molecule is O=C1NC(=O)C(=Cc2ccc3ncnc(-c4ccc(N5CCN(C6CCCCC6)CC5)cc4)c3c2)S1. The van der Waals surface area contributed by atoms with Crippen LogP contribution in [0.5, 0.6) is 0 Å². The molecule has 1 aromatic heterocycles. The zero-order valence-electron chi connectivity index (χ0n) is 20.2. The fourth-order valence-electron chi connectivity index (χ4n) is 5.59. The molecule has 0 bridgehead atoms. The molecule has 0 radical (unpaired) electrons. The number of amides is 2. The molecular formula is C28H29N5O2S. The maximum absolute atomic E-state index is 11.9. The van der Waals surface area contributed by atoms with Crippen LogP contribution in [0.1, 0.15) is 37.7 Å². The zero-order valence-corrected chi connectivity index (χ0v) is 21.0. The standard InChI is InChI=1S/C28H29N5O2S/c34-27-25(36-28(35)31-27)17-19-6-11-24-23(16-19)26(30-18-29-24)20-7-9-22(10-8-20)33-14-12-32(13-15-33)21-4-2-1-3-5-21/h6-11,16-18,21H,1-5,12-15H2,(H,31,34,35). The van der Waals surface area contributed by atoms with Gasteiger partial charge >= 0.3 is 0 Å². The van der Waals surface area contributed by atoms with Crippen molar-refractivity contribution in [2.45, 2.75) is 38.1 Å². The van der Waals surface area contributed by atoms with E-state index in [9.17, 15) is 9.59 Å². The summed E-state index contributed by atoms with van der Waals surface area (Å²) < 4.78 is 0. The Balaban J connectivity index is 1.20. The third-order valence-corrected chi connectivity index (χ3v) is 8.32. The highest BCUT2D eigenvalue weighted by Gasteiger charge is 2.26. The smallest absolute Gasteiger partial charge is 0.290 e. The number of hydrogen-bond donors (Lipinski definition) is 1. The van der Waals surface area contributed by atoms with Gasteiger partial charge in [0.2, 0.25) is 0 Å². The Labute approximate surface area is 215 Å². The van der Waals surface area contributed by atoms with E-state index in [1.54, 1.807) is 12.4 Å². The van der Waals surface area contributed by atoms with Gasteiger partial charge in [0.25, 0.3) is 11.1 Å². The fourth-order valence-corrected chi connectivity index (χ4v) is 6.27. The molecule has 0 atom stereocenters. The second kappa shape index (κ2) is 10.0. The summed E-state index contributed by atoms with van der Waals surface area (Å²) in [6.45, 7) is 4.42. The first-order valence-electron chi connectivity index (χ1n) is 12.7. The lowest BCUT2D eigenvalue weighted by molar-refractivity contribution is -0.115. The summed E-state index contributed by atoms with van der Waals surface area (Å²) in [6.07, 6.45) is 10.2. The first-order chi connectivity index (χ1) is 17.6. The Kier molecular flexibility index (Phi) is 6.46. The highest BCUT2D eigenvalue weighted by Crippen LogP contribution is 2.31. The lowest BCUT2D eigenvalue weighted by atomic mass is 9.94. The summed E-state index contributed by atoms with van der Waals surface area (Å²) in [7, 11) is 0. The molecule has 36 heavy (non-hydrogen) atoms. The van der Waals surface area contributed by atoms with Crippen LogP contribution < -0.4 is 10.2 Å². The average molecular weight is 500 g/mol. The summed E-state index contributed by atoms with van der Waals surface area (Å²) in [4.78, 5) is 38.0. The number of fused-ring (bicyclic) bond motifs is 1. The normalized spacial score (nSPS) is 20.9. The average Bonchev–Trinajstić information content (AvgIpc) is 3.25. The van der Waals surface area contributed by atoms with Crippen molar-refractivity contribution in [3.63, 3.8) is 0 Å². The van der Waals surface area contributed by atoms with E-state index in [1.807, 2.05) is 18.2 Å². The van der Waals surface area contributed by atoms with Gasteiger partial charge in [0.1, 0.15) is 6.33 Å². The van der Waals surface area contributed by atoms with Gasteiger partial charge in [0.15, 0.2) is 0 Å². The molecule has 1 saturated carbocycles. The van der Waals surface area contributed by atoms with Crippen LogP contribution in [0.25, 0.3) is 28.2 Å². The number of piperazine rings is 1. The number of nitrogens with one attached hydrogen (secondary N) is 1. The topological polar surface area (TPSA) is 78.4 Å². The minimum Gasteiger partial charge on any atom is -0.369 e. The van der Waals surface area contributed by atoms with Crippen LogP contribution in [0.2, 0.25) is 0 Å². The first-order valence-corrected chi connectivity index (χ1v) is 13.5. The zero-order chi connectivity index (χ0) is 24.5. The van der Waals surface area contributed by atoms with Crippen LogP contribution in [0, 0.1) is 0 Å². The third kappa shape index (κ3) is 4.75. The number of carbonyl (C=O) groups is 2. The number of anilines is 1. The van der Waals surface area contributed by atoms with Gasteiger partial charge in [-0.1, -0.05) is 37.5 Å². The van der Waals surface area contributed by atoms with E-state index in [0.29, 0.717) is 4.91 Å². The molecule has 2 amide bonds. The molecule has 3 aliphatic rings. The number of rotatable bonds is 4. The van der Waals surface area contributed by atoms with Gasteiger partial charge in [-0.3, -0.25) is 19.8 Å². The van der Waals surface area contributed by atoms with Crippen molar-refractivity contribution < 1.29 is 9.59 Å². The van der Waals surface area contributed by atoms with Gasteiger partial charge in [-0.05, 0) is 60.5 Å². The molecule has 184 valence electrons. The highest BCUT2D eigenvalue weighted by molar-refractivity contribution is 8.18. The fraction of sp³-hybridized carbons (Fsp3) is 0.357. The molecule has 2 saturated heterocycles. The Morgan fingerprint density at radius 3 is 2.42 bits per heavy atom. The van der Waals surface area contributed by atoms with Crippen LogP contribution in [-0.4, -0.2) is 58.2 Å². The molecule has 8 heteroatoms. The predicted octanol–water partition coefficient (Wildman–Crippen LogP) is 5.08. The molecule has 2 aliphatic heterocycles. The van der Waals surface area contributed by atoms with E-state index in [0.717, 1.165) is 71.7 Å². The molecule has 7 nitrogen and oxygen atoms in total. The van der Waals surface area contributed by atoms with Gasteiger partial charge in [-0.15, -0.1) is 0 Å². The van der Waals surface area contributed by atoms with Crippen LogP contribution >= 0.6 is 11.8 Å². The molecule has 2 aromatic carbocycles. The number of imide groups is 1. The van der Waals surface area contributed by atoms with Crippen molar-refractivity contribution in [3.8, 4) is 11.3 Å². The van der Waals surface area contributed by atoms with E-state index in [-0.39, 0.29) is 11.1 Å². The summed E-state index contributed by atoms with van der Waals surface area (Å²) in [5.41, 5.74) is 4.80. The van der Waals surface area contributed by atoms with Crippen molar-refractivity contribution in [2.75, 3.05) is 31.1 Å². The Hall–Kier alpha value is -3.23. The number of aromatic nitrogens is 2. The molecule has 0 spiro atoms. The number of thioether (sulfide) groups is 1. The number of benzene rings is 2. The quantitative estimate of drug-likeness (QED) is 0.502. The molecule has 0 unspecified atom stereocenters. The van der Waals surface area contributed by atoms with Gasteiger partial charge in [-0.2, -0.15) is 0 Å². The van der Waals surface area contributed by atoms with Crippen LogP contribution in [-0.2, 0) is 4.79 Å². The van der Waals surface area contributed by atoms with Gasteiger partial charge in [0.05, 0.1) is 16.1 Å². The summed E-state index contributed by atoms with van der Waals surface area (Å²) in [6, 6.07) is 15.2. The van der Waals surface area contributed by atoms with Crippen molar-refractivity contribution >= 4 is 45.6 Å². The van der Waals surface area contributed by atoms with Gasteiger partial charge < -0.3 is 4.90 Å². The van der Waals surface area contributed by atoms with Gasteiger partial charge in [-0.25, -0.2) is 9.97 Å². The van der Waals surface area contributed by atoms with Crippen molar-refractivity contribution in [1.82, 2.24) is 20.2 Å². The molecular weight excluding hydrogens is 470 g/mol. The highest BCUT2D eigenvalue weighted by atomic mass is 32.2. The van der Waals surface area contributed by atoms with Crippen LogP contribution in [0.3, 0.4) is 0 Å². The predicted molar refractivity (Wildman–Crippen MR) is 145 cm³/mol. The monoisotopic (exact) mass is 499 g/mol.